The monoisotopic (exact) mass is 284 g/mol. The molecule has 3 rings (SSSR count). The highest BCUT2D eigenvalue weighted by molar-refractivity contribution is 5.86. The Morgan fingerprint density at radius 2 is 2.10 bits per heavy atom. The molecule has 2 N–H and O–H groups in total. The Hall–Kier alpha value is -1.42. The zero-order valence-electron chi connectivity index (χ0n) is 12.6. The lowest BCUT2D eigenvalue weighted by molar-refractivity contribution is 0.0235. The molecule has 0 spiro atoms. The van der Waals surface area contributed by atoms with Crippen molar-refractivity contribution in [2.75, 3.05) is 26.2 Å². The van der Waals surface area contributed by atoms with Gasteiger partial charge in [0.2, 0.25) is 0 Å². The van der Waals surface area contributed by atoms with Crippen LogP contribution in [0.2, 0.25) is 0 Å². The van der Waals surface area contributed by atoms with Crippen molar-refractivity contribution in [3.8, 4) is 0 Å². The maximum absolute atomic E-state index is 5.73. The molecular formula is C18H24N2O. The maximum Gasteiger partial charge on any atom is 0.0712 e. The first-order chi connectivity index (χ1) is 10.3. The molecule has 21 heavy (non-hydrogen) atoms. The van der Waals surface area contributed by atoms with Crippen molar-refractivity contribution in [3.63, 3.8) is 0 Å². The van der Waals surface area contributed by atoms with Crippen molar-refractivity contribution >= 4 is 10.8 Å². The summed E-state index contributed by atoms with van der Waals surface area (Å²) in [6.45, 7) is 6.02. The van der Waals surface area contributed by atoms with E-state index in [-0.39, 0.29) is 0 Å². The van der Waals surface area contributed by atoms with Crippen LogP contribution in [0, 0.1) is 0 Å². The average Bonchev–Trinajstić information content (AvgIpc) is 2.55. The van der Waals surface area contributed by atoms with Crippen molar-refractivity contribution in [2.24, 2.45) is 0 Å². The van der Waals surface area contributed by atoms with E-state index in [0.29, 0.717) is 12.1 Å². The zero-order chi connectivity index (χ0) is 14.5. The van der Waals surface area contributed by atoms with E-state index in [4.69, 9.17) is 4.74 Å². The van der Waals surface area contributed by atoms with E-state index in [1.165, 1.54) is 16.3 Å². The largest absolute Gasteiger partial charge is 0.376 e. The van der Waals surface area contributed by atoms with Crippen LogP contribution in [0.5, 0.6) is 0 Å². The van der Waals surface area contributed by atoms with Gasteiger partial charge < -0.3 is 15.4 Å². The molecule has 112 valence electrons. The first-order valence-electron chi connectivity index (χ1n) is 7.88. The molecular weight excluding hydrogens is 260 g/mol. The molecule has 3 nitrogen and oxygen atoms in total. The molecule has 0 amide bonds. The van der Waals surface area contributed by atoms with Crippen molar-refractivity contribution in [2.45, 2.75) is 25.5 Å². The molecule has 1 aliphatic heterocycles. The number of nitrogens with one attached hydrogen (secondary N) is 2. The van der Waals surface area contributed by atoms with Crippen molar-refractivity contribution in [3.05, 3.63) is 48.0 Å². The summed E-state index contributed by atoms with van der Waals surface area (Å²) >= 11 is 0. The van der Waals surface area contributed by atoms with Crippen LogP contribution in [0.25, 0.3) is 10.8 Å². The second-order valence-electron chi connectivity index (χ2n) is 5.73. The van der Waals surface area contributed by atoms with E-state index >= 15 is 0 Å². The van der Waals surface area contributed by atoms with Crippen molar-refractivity contribution in [1.29, 1.82) is 0 Å². The molecule has 0 aliphatic carbocycles. The number of ether oxygens (including phenoxy) is 1. The van der Waals surface area contributed by atoms with Gasteiger partial charge in [0.05, 0.1) is 12.7 Å². The summed E-state index contributed by atoms with van der Waals surface area (Å²) in [5.41, 5.74) is 1.37. The number of hydrogen-bond donors (Lipinski definition) is 2. The van der Waals surface area contributed by atoms with Crippen LogP contribution < -0.4 is 10.6 Å². The average molecular weight is 284 g/mol. The summed E-state index contributed by atoms with van der Waals surface area (Å²) in [5.74, 6) is 0. The molecule has 3 heteroatoms. The third kappa shape index (κ3) is 3.62. The van der Waals surface area contributed by atoms with Gasteiger partial charge in [0.25, 0.3) is 0 Å². The number of benzene rings is 2. The van der Waals surface area contributed by atoms with Gasteiger partial charge in [0, 0.05) is 19.1 Å². The fraction of sp³-hybridized carbons (Fsp3) is 0.444. The predicted octanol–water partition coefficient (Wildman–Crippen LogP) is 2.87. The summed E-state index contributed by atoms with van der Waals surface area (Å²) < 4.78 is 5.73. The SMILES string of the molecule is C[C@@H](NCCC1CNCCO1)c1cccc2ccccc12. The quantitative estimate of drug-likeness (QED) is 0.886. The van der Waals surface area contributed by atoms with E-state index in [9.17, 15) is 0 Å². The van der Waals surface area contributed by atoms with E-state index in [0.717, 1.165) is 32.7 Å². The van der Waals surface area contributed by atoms with Crippen LogP contribution in [-0.2, 0) is 4.74 Å². The van der Waals surface area contributed by atoms with Crippen LogP contribution in [0.3, 0.4) is 0 Å². The molecule has 1 aliphatic rings. The third-order valence-electron chi connectivity index (χ3n) is 4.21. The Morgan fingerprint density at radius 1 is 1.24 bits per heavy atom. The van der Waals surface area contributed by atoms with Crippen LogP contribution >= 0.6 is 0 Å². The standard InChI is InChI=1S/C18H24N2O/c1-14(20-10-9-16-13-19-11-12-21-16)17-8-4-6-15-5-2-3-7-18(15)17/h2-8,14,16,19-20H,9-13H2,1H3/t14-,16?/m1/s1. The first-order valence-corrected chi connectivity index (χ1v) is 7.88. The molecule has 1 heterocycles. The highest BCUT2D eigenvalue weighted by Gasteiger charge is 2.14. The van der Waals surface area contributed by atoms with Gasteiger partial charge in [-0.3, -0.25) is 0 Å². The first kappa shape index (κ1) is 14.5. The minimum absolute atomic E-state index is 0.353. The fourth-order valence-electron chi connectivity index (χ4n) is 3.00. The van der Waals surface area contributed by atoms with Crippen molar-refractivity contribution in [1.82, 2.24) is 10.6 Å². The molecule has 1 fully saturated rings. The molecule has 0 radical (unpaired) electrons. The van der Waals surface area contributed by atoms with E-state index in [1.807, 2.05) is 0 Å². The summed E-state index contributed by atoms with van der Waals surface area (Å²) in [5, 5.41) is 9.66. The van der Waals surface area contributed by atoms with Crippen LogP contribution in [-0.4, -0.2) is 32.3 Å². The van der Waals surface area contributed by atoms with E-state index in [2.05, 4.69) is 60.0 Å². The Morgan fingerprint density at radius 3 is 2.95 bits per heavy atom. The van der Waals surface area contributed by atoms with Crippen molar-refractivity contribution < 1.29 is 4.74 Å². The van der Waals surface area contributed by atoms with Gasteiger partial charge in [0.15, 0.2) is 0 Å². The smallest absolute Gasteiger partial charge is 0.0712 e. The summed E-state index contributed by atoms with van der Waals surface area (Å²) in [4.78, 5) is 0. The molecule has 0 aromatic heterocycles. The van der Waals surface area contributed by atoms with E-state index < -0.39 is 0 Å². The lowest BCUT2D eigenvalue weighted by Crippen LogP contribution is -2.40. The van der Waals surface area contributed by atoms with Gasteiger partial charge in [-0.1, -0.05) is 42.5 Å². The highest BCUT2D eigenvalue weighted by atomic mass is 16.5. The molecule has 1 unspecified atom stereocenters. The fourth-order valence-corrected chi connectivity index (χ4v) is 3.00. The van der Waals surface area contributed by atoms with E-state index in [1.54, 1.807) is 0 Å². The van der Waals surface area contributed by atoms with Crippen LogP contribution in [0.1, 0.15) is 24.9 Å². The molecule has 2 aromatic carbocycles. The highest BCUT2D eigenvalue weighted by Crippen LogP contribution is 2.23. The third-order valence-corrected chi connectivity index (χ3v) is 4.21. The topological polar surface area (TPSA) is 33.3 Å². The van der Waals surface area contributed by atoms with Gasteiger partial charge in [-0.25, -0.2) is 0 Å². The van der Waals surface area contributed by atoms with Gasteiger partial charge in [-0.05, 0) is 36.2 Å². The Balaban J connectivity index is 1.60. The molecule has 0 bridgehead atoms. The van der Waals surface area contributed by atoms with Gasteiger partial charge in [-0.2, -0.15) is 0 Å². The number of fused-ring (bicyclic) bond motifs is 1. The molecule has 2 atom stereocenters. The normalized spacial score (nSPS) is 20.5. The molecule has 0 saturated carbocycles. The summed E-state index contributed by atoms with van der Waals surface area (Å²) in [6, 6.07) is 15.5. The number of rotatable bonds is 5. The number of hydrogen-bond acceptors (Lipinski definition) is 3. The van der Waals surface area contributed by atoms with Crippen LogP contribution in [0.15, 0.2) is 42.5 Å². The second kappa shape index (κ2) is 7.03. The maximum atomic E-state index is 5.73. The van der Waals surface area contributed by atoms with Gasteiger partial charge >= 0.3 is 0 Å². The van der Waals surface area contributed by atoms with Gasteiger partial charge in [0.1, 0.15) is 0 Å². The Labute approximate surface area is 126 Å². The Kier molecular flexibility index (Phi) is 4.86. The minimum Gasteiger partial charge on any atom is -0.376 e. The van der Waals surface area contributed by atoms with Gasteiger partial charge in [-0.15, -0.1) is 0 Å². The van der Waals surface area contributed by atoms with Crippen LogP contribution in [0.4, 0.5) is 0 Å². The summed E-state index contributed by atoms with van der Waals surface area (Å²) in [7, 11) is 0. The number of morpholine rings is 1. The minimum atomic E-state index is 0.353. The lowest BCUT2D eigenvalue weighted by Gasteiger charge is -2.24. The zero-order valence-corrected chi connectivity index (χ0v) is 12.6. The Bertz CT molecular complexity index is 573. The lowest BCUT2D eigenvalue weighted by atomic mass is 9.99. The second-order valence-corrected chi connectivity index (χ2v) is 5.73. The molecule has 1 saturated heterocycles. The summed E-state index contributed by atoms with van der Waals surface area (Å²) in [6.07, 6.45) is 1.41. The predicted molar refractivity (Wildman–Crippen MR) is 87.6 cm³/mol. The molecule has 2 aromatic rings.